The molecule has 0 aromatic heterocycles. The number of likely N-dealkylation sites (tertiary alicyclic amines) is 1. The van der Waals surface area contributed by atoms with E-state index in [1.54, 1.807) is 0 Å². The van der Waals surface area contributed by atoms with Crippen molar-refractivity contribution < 1.29 is 13.2 Å². The Hall–Kier alpha value is -0.330. The number of hydrogen-bond acceptors (Lipinski definition) is 3. The highest BCUT2D eigenvalue weighted by Crippen LogP contribution is 2.21. The number of carbonyl (C=O) groups is 1. The molecular formula is C13H25ClN2O3S. The van der Waals surface area contributed by atoms with E-state index in [1.807, 2.05) is 25.7 Å². The predicted octanol–water partition coefficient (Wildman–Crippen LogP) is 1.57. The van der Waals surface area contributed by atoms with Gasteiger partial charge in [-0.15, -0.1) is 11.6 Å². The molecule has 1 saturated heterocycles. The number of piperidine rings is 1. The first-order chi connectivity index (χ1) is 9.15. The highest BCUT2D eigenvalue weighted by Gasteiger charge is 2.31. The lowest BCUT2D eigenvalue weighted by Gasteiger charge is -2.35. The molecule has 0 aromatic rings. The van der Waals surface area contributed by atoms with Gasteiger partial charge in [-0.1, -0.05) is 20.8 Å². The number of alkyl halides is 1. The summed E-state index contributed by atoms with van der Waals surface area (Å²) in [6.07, 6.45) is 1.79. The van der Waals surface area contributed by atoms with Crippen molar-refractivity contribution in [2.45, 2.75) is 46.1 Å². The van der Waals surface area contributed by atoms with Crippen LogP contribution in [0.1, 0.15) is 40.0 Å². The largest absolute Gasteiger partial charge is 0.342 e. The lowest BCUT2D eigenvalue weighted by molar-refractivity contribution is -0.140. The van der Waals surface area contributed by atoms with Crippen molar-refractivity contribution in [3.05, 3.63) is 0 Å². The SMILES string of the molecule is CC(C)(C)C(=O)N1CCC(NS(=O)(=O)CCCCl)CC1. The predicted molar refractivity (Wildman–Crippen MR) is 81.3 cm³/mol. The molecule has 1 N–H and O–H groups in total. The van der Waals surface area contributed by atoms with E-state index in [2.05, 4.69) is 4.72 Å². The number of sulfonamides is 1. The number of halogens is 1. The fourth-order valence-corrected chi connectivity index (χ4v) is 3.91. The Morgan fingerprint density at radius 3 is 2.30 bits per heavy atom. The normalized spacial score (nSPS) is 18.3. The summed E-state index contributed by atoms with van der Waals surface area (Å²) in [6.45, 7) is 6.92. The lowest BCUT2D eigenvalue weighted by Crippen LogP contribution is -2.49. The molecule has 1 rings (SSSR count). The molecule has 1 amide bonds. The molecular weight excluding hydrogens is 300 g/mol. The van der Waals surface area contributed by atoms with Gasteiger partial charge in [-0.05, 0) is 19.3 Å². The molecule has 1 aliphatic rings. The molecule has 0 aromatic carbocycles. The Morgan fingerprint density at radius 1 is 1.30 bits per heavy atom. The summed E-state index contributed by atoms with van der Waals surface area (Å²) in [5.74, 6) is 0.540. The minimum Gasteiger partial charge on any atom is -0.342 e. The van der Waals surface area contributed by atoms with Crippen molar-refractivity contribution in [1.29, 1.82) is 0 Å². The van der Waals surface area contributed by atoms with Crippen LogP contribution in [0.3, 0.4) is 0 Å². The van der Waals surface area contributed by atoms with Gasteiger partial charge in [0.1, 0.15) is 0 Å². The van der Waals surface area contributed by atoms with Gasteiger partial charge in [0, 0.05) is 30.4 Å². The first-order valence-corrected chi connectivity index (χ1v) is 9.20. The summed E-state index contributed by atoms with van der Waals surface area (Å²) in [6, 6.07) is -0.0701. The molecule has 0 spiro atoms. The monoisotopic (exact) mass is 324 g/mol. The van der Waals surface area contributed by atoms with Crippen molar-refractivity contribution in [3.63, 3.8) is 0 Å². The number of hydrogen-bond donors (Lipinski definition) is 1. The molecule has 0 atom stereocenters. The van der Waals surface area contributed by atoms with E-state index < -0.39 is 10.0 Å². The summed E-state index contributed by atoms with van der Waals surface area (Å²) in [4.78, 5) is 13.9. The van der Waals surface area contributed by atoms with Gasteiger partial charge < -0.3 is 4.90 Å². The van der Waals surface area contributed by atoms with Gasteiger partial charge in [0.05, 0.1) is 5.75 Å². The van der Waals surface area contributed by atoms with Crippen LogP contribution in [0.15, 0.2) is 0 Å². The maximum atomic E-state index is 12.1. The van der Waals surface area contributed by atoms with Crippen LogP contribution in [-0.4, -0.2) is 50.0 Å². The second-order valence-electron chi connectivity index (χ2n) is 6.30. The van der Waals surface area contributed by atoms with Gasteiger partial charge in [-0.25, -0.2) is 13.1 Å². The maximum Gasteiger partial charge on any atom is 0.227 e. The van der Waals surface area contributed by atoms with E-state index in [0.29, 0.717) is 38.2 Å². The van der Waals surface area contributed by atoms with Gasteiger partial charge in [0.2, 0.25) is 15.9 Å². The maximum absolute atomic E-state index is 12.1. The number of nitrogens with one attached hydrogen (secondary N) is 1. The zero-order valence-corrected chi connectivity index (χ0v) is 14.1. The smallest absolute Gasteiger partial charge is 0.227 e. The third-order valence-electron chi connectivity index (χ3n) is 3.32. The Morgan fingerprint density at radius 2 is 1.85 bits per heavy atom. The van der Waals surface area contributed by atoms with Crippen LogP contribution >= 0.6 is 11.6 Å². The fourth-order valence-electron chi connectivity index (χ4n) is 2.23. The quantitative estimate of drug-likeness (QED) is 0.781. The average molecular weight is 325 g/mol. The van der Waals surface area contributed by atoms with Crippen molar-refractivity contribution in [2.24, 2.45) is 5.41 Å². The van der Waals surface area contributed by atoms with Gasteiger partial charge in [0.15, 0.2) is 0 Å². The minimum atomic E-state index is -3.25. The molecule has 5 nitrogen and oxygen atoms in total. The van der Waals surface area contributed by atoms with Gasteiger partial charge in [-0.2, -0.15) is 0 Å². The third-order valence-corrected chi connectivity index (χ3v) is 5.10. The molecule has 0 radical (unpaired) electrons. The standard InChI is InChI=1S/C13H25ClN2O3S/c1-13(2,3)12(17)16-8-5-11(6-9-16)15-20(18,19)10-4-7-14/h11,15H,4-10H2,1-3H3. The average Bonchev–Trinajstić information content (AvgIpc) is 2.35. The van der Waals surface area contributed by atoms with E-state index in [1.165, 1.54) is 0 Å². The molecule has 0 bridgehead atoms. The number of amides is 1. The Balaban J connectivity index is 2.45. The molecule has 20 heavy (non-hydrogen) atoms. The molecule has 1 fully saturated rings. The molecule has 0 aliphatic carbocycles. The second-order valence-corrected chi connectivity index (χ2v) is 8.55. The van der Waals surface area contributed by atoms with Crippen molar-refractivity contribution >= 4 is 27.5 Å². The van der Waals surface area contributed by atoms with Crippen LogP contribution in [-0.2, 0) is 14.8 Å². The van der Waals surface area contributed by atoms with Crippen LogP contribution < -0.4 is 4.72 Å². The highest BCUT2D eigenvalue weighted by molar-refractivity contribution is 7.89. The Bertz CT molecular complexity index is 423. The summed E-state index contributed by atoms with van der Waals surface area (Å²) in [5, 5.41) is 0. The molecule has 0 unspecified atom stereocenters. The van der Waals surface area contributed by atoms with E-state index in [-0.39, 0.29) is 23.1 Å². The first kappa shape index (κ1) is 17.7. The number of carbonyl (C=O) groups excluding carboxylic acids is 1. The zero-order chi connectivity index (χ0) is 15.4. The van der Waals surface area contributed by atoms with Crippen LogP contribution in [0.25, 0.3) is 0 Å². The second kappa shape index (κ2) is 7.09. The molecule has 118 valence electrons. The summed E-state index contributed by atoms with van der Waals surface area (Å²) in [7, 11) is -3.25. The van der Waals surface area contributed by atoms with Crippen LogP contribution in [0, 0.1) is 5.41 Å². The van der Waals surface area contributed by atoms with E-state index in [9.17, 15) is 13.2 Å². The molecule has 7 heteroatoms. The molecule has 0 saturated carbocycles. The number of rotatable bonds is 5. The summed E-state index contributed by atoms with van der Waals surface area (Å²) < 4.78 is 26.3. The van der Waals surface area contributed by atoms with E-state index in [0.717, 1.165) is 0 Å². The molecule has 1 heterocycles. The first-order valence-electron chi connectivity index (χ1n) is 7.01. The minimum absolute atomic E-state index is 0.0671. The van der Waals surface area contributed by atoms with E-state index >= 15 is 0 Å². The third kappa shape index (κ3) is 5.58. The van der Waals surface area contributed by atoms with Crippen LogP contribution in [0.5, 0.6) is 0 Å². The fraction of sp³-hybridized carbons (Fsp3) is 0.923. The number of nitrogens with zero attached hydrogens (tertiary/aromatic N) is 1. The molecule has 1 aliphatic heterocycles. The van der Waals surface area contributed by atoms with Gasteiger partial charge in [0.25, 0.3) is 0 Å². The van der Waals surface area contributed by atoms with E-state index in [4.69, 9.17) is 11.6 Å². The van der Waals surface area contributed by atoms with Gasteiger partial charge in [-0.3, -0.25) is 4.79 Å². The van der Waals surface area contributed by atoms with Crippen LogP contribution in [0.4, 0.5) is 0 Å². The zero-order valence-electron chi connectivity index (χ0n) is 12.5. The van der Waals surface area contributed by atoms with Crippen molar-refractivity contribution in [3.8, 4) is 0 Å². The summed E-state index contributed by atoms with van der Waals surface area (Å²) >= 11 is 5.51. The van der Waals surface area contributed by atoms with Gasteiger partial charge >= 0.3 is 0 Å². The Labute approximate surface area is 127 Å². The topological polar surface area (TPSA) is 66.5 Å². The lowest BCUT2D eigenvalue weighted by atomic mass is 9.93. The van der Waals surface area contributed by atoms with Crippen LogP contribution in [0.2, 0.25) is 0 Å². The highest BCUT2D eigenvalue weighted by atomic mass is 35.5. The Kier molecular flexibility index (Phi) is 6.28. The van der Waals surface area contributed by atoms with Crippen molar-refractivity contribution in [1.82, 2.24) is 9.62 Å². The summed E-state index contributed by atoms with van der Waals surface area (Å²) in [5.41, 5.74) is -0.382. The van der Waals surface area contributed by atoms with Crippen molar-refractivity contribution in [2.75, 3.05) is 24.7 Å².